The van der Waals surface area contributed by atoms with Gasteiger partial charge in [0, 0.05) is 6.20 Å². The van der Waals surface area contributed by atoms with E-state index in [9.17, 15) is 18.4 Å². The van der Waals surface area contributed by atoms with Gasteiger partial charge in [-0.3, -0.25) is 20.4 Å². The fourth-order valence-electron chi connectivity index (χ4n) is 2.07. The van der Waals surface area contributed by atoms with Crippen LogP contribution in [0.3, 0.4) is 0 Å². The van der Waals surface area contributed by atoms with Crippen molar-refractivity contribution in [1.29, 1.82) is 0 Å². The van der Waals surface area contributed by atoms with Crippen LogP contribution in [0.25, 0.3) is 5.69 Å². The summed E-state index contributed by atoms with van der Waals surface area (Å²) in [4.78, 5) is 23.8. The molecule has 2 aromatic carbocycles. The fourth-order valence-corrected chi connectivity index (χ4v) is 2.07. The van der Waals surface area contributed by atoms with Gasteiger partial charge in [-0.05, 0) is 42.5 Å². The maximum absolute atomic E-state index is 13.5. The van der Waals surface area contributed by atoms with Gasteiger partial charge in [-0.2, -0.15) is 5.10 Å². The molecule has 1 aromatic heterocycles. The number of carbonyl (C=O) groups excluding carboxylic acids is 2. The van der Waals surface area contributed by atoms with E-state index in [1.165, 1.54) is 59.4 Å². The van der Waals surface area contributed by atoms with Gasteiger partial charge in [0.2, 0.25) is 0 Å². The minimum absolute atomic E-state index is 0.0261. The lowest BCUT2D eigenvalue weighted by atomic mass is 10.2. The Morgan fingerprint density at radius 2 is 1.56 bits per heavy atom. The fraction of sp³-hybridized carbons (Fsp3) is 0. The van der Waals surface area contributed by atoms with Gasteiger partial charge in [0.05, 0.1) is 11.3 Å². The van der Waals surface area contributed by atoms with E-state index in [1.807, 2.05) is 0 Å². The Morgan fingerprint density at radius 3 is 2.28 bits per heavy atom. The van der Waals surface area contributed by atoms with Crippen molar-refractivity contribution in [2.45, 2.75) is 0 Å². The van der Waals surface area contributed by atoms with E-state index < -0.39 is 17.6 Å². The molecular weight excluding hydrogens is 330 g/mol. The lowest BCUT2D eigenvalue weighted by Gasteiger charge is -2.06. The van der Waals surface area contributed by atoms with E-state index >= 15 is 0 Å². The van der Waals surface area contributed by atoms with Crippen molar-refractivity contribution in [2.75, 3.05) is 0 Å². The smallest absolute Gasteiger partial charge is 0.267 e. The summed E-state index contributed by atoms with van der Waals surface area (Å²) in [6.07, 6.45) is 1.51. The highest BCUT2D eigenvalue weighted by Crippen LogP contribution is 2.09. The number of hydrogen-bond donors (Lipinski definition) is 2. The summed E-state index contributed by atoms with van der Waals surface area (Å²) >= 11 is 0. The first-order valence-electron chi connectivity index (χ1n) is 7.21. The summed E-state index contributed by atoms with van der Waals surface area (Å²) in [5, 5.41) is 4.04. The van der Waals surface area contributed by atoms with Crippen LogP contribution in [-0.4, -0.2) is 21.6 Å². The second-order valence-corrected chi connectivity index (χ2v) is 5.01. The molecule has 2 amide bonds. The van der Waals surface area contributed by atoms with Crippen LogP contribution in [-0.2, 0) is 0 Å². The first-order chi connectivity index (χ1) is 12.0. The third-order valence-electron chi connectivity index (χ3n) is 3.32. The van der Waals surface area contributed by atoms with Crippen LogP contribution in [0.1, 0.15) is 20.8 Å². The molecule has 0 atom stereocenters. The standard InChI is InChI=1S/C17H12F2N4O2/c18-11-5-7-12(8-6-11)23-10-9-15(22-23)17(25)21-20-16(24)13-3-1-2-4-14(13)19/h1-10H,(H,20,24)(H,21,25). The number of halogens is 2. The Morgan fingerprint density at radius 1 is 0.880 bits per heavy atom. The molecule has 0 fully saturated rings. The van der Waals surface area contributed by atoms with Crippen molar-refractivity contribution in [3.63, 3.8) is 0 Å². The highest BCUT2D eigenvalue weighted by atomic mass is 19.1. The predicted octanol–water partition coefficient (Wildman–Crippen LogP) is 2.23. The van der Waals surface area contributed by atoms with Gasteiger partial charge in [-0.15, -0.1) is 0 Å². The number of benzene rings is 2. The molecule has 0 saturated carbocycles. The Balaban J connectivity index is 1.65. The average Bonchev–Trinajstić information content (AvgIpc) is 3.10. The lowest BCUT2D eigenvalue weighted by Crippen LogP contribution is -2.42. The highest BCUT2D eigenvalue weighted by Gasteiger charge is 2.14. The molecule has 6 nitrogen and oxygen atoms in total. The van der Waals surface area contributed by atoms with Crippen molar-refractivity contribution < 1.29 is 18.4 Å². The molecule has 8 heteroatoms. The summed E-state index contributed by atoms with van der Waals surface area (Å²) < 4.78 is 27.8. The van der Waals surface area contributed by atoms with Gasteiger partial charge >= 0.3 is 0 Å². The topological polar surface area (TPSA) is 76.0 Å². The van der Waals surface area contributed by atoms with Crippen LogP contribution in [0.15, 0.2) is 60.8 Å². The molecular formula is C17H12F2N4O2. The monoisotopic (exact) mass is 342 g/mol. The Hall–Kier alpha value is -3.55. The van der Waals surface area contributed by atoms with Crippen molar-refractivity contribution in [3.8, 4) is 5.69 Å². The maximum atomic E-state index is 13.5. The first-order valence-corrected chi connectivity index (χ1v) is 7.21. The largest absolute Gasteiger partial charge is 0.290 e. The normalized spacial score (nSPS) is 10.3. The number of aromatic nitrogens is 2. The second kappa shape index (κ2) is 6.91. The quantitative estimate of drug-likeness (QED) is 0.717. The number of nitrogens with one attached hydrogen (secondary N) is 2. The molecule has 0 spiro atoms. The SMILES string of the molecule is O=C(NNC(=O)c1ccccc1F)c1ccn(-c2ccc(F)cc2)n1. The number of amides is 2. The molecule has 3 aromatic rings. The zero-order valence-corrected chi connectivity index (χ0v) is 12.7. The second-order valence-electron chi connectivity index (χ2n) is 5.01. The van der Waals surface area contributed by atoms with Gasteiger partial charge in [0.15, 0.2) is 5.69 Å². The highest BCUT2D eigenvalue weighted by molar-refractivity contribution is 5.98. The molecule has 0 aliphatic heterocycles. The average molecular weight is 342 g/mol. The Labute approximate surface area is 141 Å². The summed E-state index contributed by atoms with van der Waals surface area (Å²) in [6.45, 7) is 0. The van der Waals surface area contributed by atoms with E-state index in [0.29, 0.717) is 5.69 Å². The molecule has 2 N–H and O–H groups in total. The summed E-state index contributed by atoms with van der Waals surface area (Å²) in [6, 6.07) is 12.4. The zero-order chi connectivity index (χ0) is 17.8. The van der Waals surface area contributed by atoms with E-state index in [0.717, 1.165) is 6.07 Å². The molecule has 0 bridgehead atoms. The Kier molecular flexibility index (Phi) is 4.51. The van der Waals surface area contributed by atoms with Gasteiger partial charge in [0.1, 0.15) is 11.6 Å². The Bertz CT molecular complexity index is 922. The number of rotatable bonds is 3. The molecule has 0 aliphatic rings. The number of carbonyl (C=O) groups is 2. The van der Waals surface area contributed by atoms with Crippen LogP contribution in [0, 0.1) is 11.6 Å². The molecule has 0 radical (unpaired) electrons. The maximum Gasteiger partial charge on any atom is 0.290 e. The molecule has 0 aliphatic carbocycles. The van der Waals surface area contributed by atoms with Gasteiger partial charge in [-0.25, -0.2) is 13.5 Å². The van der Waals surface area contributed by atoms with Crippen molar-refractivity contribution in [3.05, 3.63) is 83.7 Å². The predicted molar refractivity (Wildman–Crippen MR) is 84.9 cm³/mol. The molecule has 126 valence electrons. The number of nitrogens with zero attached hydrogens (tertiary/aromatic N) is 2. The molecule has 1 heterocycles. The van der Waals surface area contributed by atoms with Crippen LogP contribution in [0.5, 0.6) is 0 Å². The van der Waals surface area contributed by atoms with E-state index in [2.05, 4.69) is 16.0 Å². The third-order valence-corrected chi connectivity index (χ3v) is 3.32. The summed E-state index contributed by atoms with van der Waals surface area (Å²) in [5.41, 5.74) is 4.67. The molecule has 25 heavy (non-hydrogen) atoms. The van der Waals surface area contributed by atoms with Gasteiger partial charge < -0.3 is 0 Å². The van der Waals surface area contributed by atoms with Crippen molar-refractivity contribution in [2.24, 2.45) is 0 Å². The van der Waals surface area contributed by atoms with Crippen LogP contribution < -0.4 is 10.9 Å². The molecule has 0 saturated heterocycles. The minimum atomic E-state index is -0.788. The van der Waals surface area contributed by atoms with Crippen LogP contribution >= 0.6 is 0 Å². The van der Waals surface area contributed by atoms with Gasteiger partial charge in [-0.1, -0.05) is 12.1 Å². The zero-order valence-electron chi connectivity index (χ0n) is 12.7. The molecule has 3 rings (SSSR count). The third kappa shape index (κ3) is 3.69. The van der Waals surface area contributed by atoms with Crippen LogP contribution in [0.4, 0.5) is 8.78 Å². The number of hydrogen-bond acceptors (Lipinski definition) is 3. The first kappa shape index (κ1) is 16.3. The number of hydrazine groups is 1. The minimum Gasteiger partial charge on any atom is -0.267 e. The van der Waals surface area contributed by atoms with Crippen molar-refractivity contribution in [1.82, 2.24) is 20.6 Å². The summed E-state index contributed by atoms with van der Waals surface area (Å²) in [7, 11) is 0. The molecule has 0 unspecified atom stereocenters. The van der Waals surface area contributed by atoms with Crippen LogP contribution in [0.2, 0.25) is 0 Å². The van der Waals surface area contributed by atoms with Gasteiger partial charge in [0.25, 0.3) is 11.8 Å². The van der Waals surface area contributed by atoms with Crippen molar-refractivity contribution >= 4 is 11.8 Å². The van der Waals surface area contributed by atoms with E-state index in [4.69, 9.17) is 0 Å². The van der Waals surface area contributed by atoms with E-state index in [1.54, 1.807) is 0 Å². The summed E-state index contributed by atoms with van der Waals surface area (Å²) in [5.74, 6) is -2.55. The lowest BCUT2D eigenvalue weighted by molar-refractivity contribution is 0.0841. The van der Waals surface area contributed by atoms with E-state index in [-0.39, 0.29) is 17.1 Å².